The van der Waals surface area contributed by atoms with E-state index in [2.05, 4.69) is 15.2 Å². The Hall–Kier alpha value is -3.75. The molecule has 2 aliphatic rings. The molecule has 0 aliphatic carbocycles. The predicted molar refractivity (Wildman–Crippen MR) is 135 cm³/mol. The number of halogens is 2. The van der Waals surface area contributed by atoms with Crippen molar-refractivity contribution < 1.29 is 13.6 Å². The molecule has 0 spiro atoms. The summed E-state index contributed by atoms with van der Waals surface area (Å²) in [6.07, 6.45) is 2.26. The van der Waals surface area contributed by atoms with Crippen molar-refractivity contribution in [3.05, 3.63) is 60.8 Å². The number of carbonyl (C=O) groups excluding carboxylic acids is 1. The van der Waals surface area contributed by atoms with E-state index in [-0.39, 0.29) is 25.0 Å². The molecule has 2 aromatic heterocycles. The third kappa shape index (κ3) is 4.76. The fraction of sp³-hybridized carbons (Fsp3) is 0.346. The van der Waals surface area contributed by atoms with Gasteiger partial charge in [-0.25, -0.2) is 23.5 Å². The van der Waals surface area contributed by atoms with Crippen LogP contribution in [-0.2, 0) is 0 Å². The molecule has 1 saturated heterocycles. The summed E-state index contributed by atoms with van der Waals surface area (Å²) in [5.74, 6) is -1.64. The molecule has 1 N–H and O–H groups in total. The number of urea groups is 1. The second-order valence-electron chi connectivity index (χ2n) is 9.19. The van der Waals surface area contributed by atoms with E-state index in [4.69, 9.17) is 4.98 Å². The minimum Gasteiger partial charge on any atom is -0.372 e. The highest BCUT2D eigenvalue weighted by molar-refractivity contribution is 6.03. The van der Waals surface area contributed by atoms with Crippen molar-refractivity contribution in [1.29, 1.82) is 0 Å². The van der Waals surface area contributed by atoms with Crippen LogP contribution in [0, 0.1) is 0 Å². The average molecular weight is 479 g/mol. The van der Waals surface area contributed by atoms with Gasteiger partial charge in [-0.1, -0.05) is 18.2 Å². The van der Waals surface area contributed by atoms with Crippen molar-refractivity contribution in [2.24, 2.45) is 0 Å². The molecule has 5 rings (SSSR count). The highest BCUT2D eigenvalue weighted by Crippen LogP contribution is 2.37. The Balaban J connectivity index is 1.50. The van der Waals surface area contributed by atoms with Crippen LogP contribution in [0.4, 0.5) is 36.6 Å². The Kier molecular flexibility index (Phi) is 6.00. The molecule has 182 valence electrons. The van der Waals surface area contributed by atoms with Crippen LogP contribution in [0.1, 0.15) is 19.8 Å². The fourth-order valence-corrected chi connectivity index (χ4v) is 4.64. The number of pyridine rings is 2. The summed E-state index contributed by atoms with van der Waals surface area (Å²) >= 11 is 0. The van der Waals surface area contributed by atoms with Crippen LogP contribution in [0.25, 0.3) is 11.3 Å². The molecule has 0 unspecified atom stereocenters. The lowest BCUT2D eigenvalue weighted by Gasteiger charge is -2.28. The van der Waals surface area contributed by atoms with Gasteiger partial charge in [-0.05, 0) is 49.7 Å². The van der Waals surface area contributed by atoms with Gasteiger partial charge in [0.25, 0.3) is 5.92 Å². The van der Waals surface area contributed by atoms with Crippen molar-refractivity contribution in [1.82, 2.24) is 9.97 Å². The Bertz CT molecular complexity index is 1220. The van der Waals surface area contributed by atoms with Gasteiger partial charge in [0.2, 0.25) is 0 Å². The molecule has 1 fully saturated rings. The molecule has 7 nitrogen and oxygen atoms in total. The molecule has 0 saturated carbocycles. The van der Waals surface area contributed by atoms with Crippen LogP contribution in [0.3, 0.4) is 0 Å². The fourth-order valence-electron chi connectivity index (χ4n) is 4.64. The van der Waals surface area contributed by atoms with Crippen LogP contribution in [0.5, 0.6) is 0 Å². The lowest BCUT2D eigenvalue weighted by atomic mass is 10.1. The van der Waals surface area contributed by atoms with Crippen LogP contribution in [0.15, 0.2) is 60.8 Å². The SMILES string of the molecule is C[C@@H]1CCN(C)c2ccc(-c3cccc(N4CCC(F)(F)C4)c3)nc2N1C(=O)Nc1ccccn1. The summed E-state index contributed by atoms with van der Waals surface area (Å²) in [4.78, 5) is 28.0. The highest BCUT2D eigenvalue weighted by atomic mass is 19.3. The smallest absolute Gasteiger partial charge is 0.328 e. The van der Waals surface area contributed by atoms with E-state index < -0.39 is 5.92 Å². The summed E-state index contributed by atoms with van der Waals surface area (Å²) in [5.41, 5.74) is 3.08. The van der Waals surface area contributed by atoms with Crippen molar-refractivity contribution in [3.8, 4) is 11.3 Å². The van der Waals surface area contributed by atoms with Crippen molar-refractivity contribution in [2.45, 2.75) is 31.7 Å². The van der Waals surface area contributed by atoms with Gasteiger partial charge in [-0.3, -0.25) is 10.2 Å². The van der Waals surface area contributed by atoms with E-state index in [0.717, 1.165) is 29.9 Å². The number of carbonyl (C=O) groups is 1. The first kappa shape index (κ1) is 23.0. The minimum atomic E-state index is -2.67. The summed E-state index contributed by atoms with van der Waals surface area (Å²) in [6.45, 7) is 2.82. The quantitative estimate of drug-likeness (QED) is 0.557. The van der Waals surface area contributed by atoms with Gasteiger partial charge in [0, 0.05) is 50.0 Å². The predicted octanol–water partition coefficient (Wildman–Crippen LogP) is 5.26. The number of nitrogens with one attached hydrogen (secondary N) is 1. The second-order valence-corrected chi connectivity index (χ2v) is 9.19. The van der Waals surface area contributed by atoms with Crippen LogP contribution < -0.4 is 20.0 Å². The normalized spacial score (nSPS) is 19.3. The van der Waals surface area contributed by atoms with Gasteiger partial charge < -0.3 is 9.80 Å². The third-order valence-corrected chi connectivity index (χ3v) is 6.61. The highest BCUT2D eigenvalue weighted by Gasteiger charge is 2.38. The number of anilines is 4. The van der Waals surface area contributed by atoms with E-state index in [0.29, 0.717) is 23.9 Å². The number of aromatic nitrogens is 2. The molecule has 4 heterocycles. The number of hydrogen-bond acceptors (Lipinski definition) is 5. The van der Waals surface area contributed by atoms with E-state index in [1.807, 2.05) is 56.4 Å². The molecule has 9 heteroatoms. The molecule has 2 aliphatic heterocycles. The van der Waals surface area contributed by atoms with Gasteiger partial charge >= 0.3 is 6.03 Å². The maximum absolute atomic E-state index is 13.8. The van der Waals surface area contributed by atoms with Crippen molar-refractivity contribution >= 4 is 29.0 Å². The maximum Gasteiger partial charge on any atom is 0.328 e. The largest absolute Gasteiger partial charge is 0.372 e. The molecular weight excluding hydrogens is 450 g/mol. The molecule has 2 amide bonds. The molecular formula is C26H28F2N6O. The van der Waals surface area contributed by atoms with Gasteiger partial charge in [0.05, 0.1) is 17.9 Å². The monoisotopic (exact) mass is 478 g/mol. The Morgan fingerprint density at radius 2 is 1.97 bits per heavy atom. The first-order valence-corrected chi connectivity index (χ1v) is 11.8. The molecule has 0 radical (unpaired) electrons. The zero-order valence-corrected chi connectivity index (χ0v) is 19.8. The zero-order valence-electron chi connectivity index (χ0n) is 19.8. The van der Waals surface area contributed by atoms with Crippen LogP contribution in [-0.4, -0.2) is 54.6 Å². The molecule has 3 aromatic rings. The van der Waals surface area contributed by atoms with Gasteiger partial charge in [0.1, 0.15) is 5.82 Å². The topological polar surface area (TPSA) is 64.6 Å². The van der Waals surface area contributed by atoms with Crippen molar-refractivity contribution in [3.63, 3.8) is 0 Å². The number of nitrogens with zero attached hydrogens (tertiary/aromatic N) is 5. The summed E-state index contributed by atoms with van der Waals surface area (Å²) < 4.78 is 27.5. The van der Waals surface area contributed by atoms with Crippen LogP contribution >= 0.6 is 0 Å². The van der Waals surface area contributed by atoms with Gasteiger partial charge in [0.15, 0.2) is 5.82 Å². The summed E-state index contributed by atoms with van der Waals surface area (Å²) in [6, 6.07) is 16.3. The molecule has 35 heavy (non-hydrogen) atoms. The first-order chi connectivity index (χ1) is 16.8. The van der Waals surface area contributed by atoms with E-state index in [9.17, 15) is 13.6 Å². The number of amides is 2. The van der Waals surface area contributed by atoms with Gasteiger partial charge in [-0.15, -0.1) is 0 Å². The van der Waals surface area contributed by atoms with Gasteiger partial charge in [-0.2, -0.15) is 0 Å². The first-order valence-electron chi connectivity index (χ1n) is 11.8. The van der Waals surface area contributed by atoms with Crippen molar-refractivity contribution in [2.75, 3.05) is 46.7 Å². The van der Waals surface area contributed by atoms with E-state index in [1.165, 1.54) is 0 Å². The van der Waals surface area contributed by atoms with Crippen LogP contribution in [0.2, 0.25) is 0 Å². The number of benzene rings is 1. The Morgan fingerprint density at radius 3 is 2.71 bits per heavy atom. The summed E-state index contributed by atoms with van der Waals surface area (Å²) in [7, 11) is 1.99. The summed E-state index contributed by atoms with van der Waals surface area (Å²) in [5, 5.41) is 2.88. The number of fused-ring (bicyclic) bond motifs is 1. The number of rotatable bonds is 3. The minimum absolute atomic E-state index is 0.0941. The average Bonchev–Trinajstić information content (AvgIpc) is 3.17. The maximum atomic E-state index is 13.8. The lowest BCUT2D eigenvalue weighted by molar-refractivity contribution is 0.0257. The number of hydrogen-bond donors (Lipinski definition) is 1. The third-order valence-electron chi connectivity index (χ3n) is 6.61. The molecule has 1 aromatic carbocycles. The standard InChI is InChI=1S/C26H28F2N6O/c1-18-11-14-32(2)22-10-9-21(19-6-5-7-20(16-19)33-15-12-26(27,28)17-33)30-24(22)34(18)25(35)31-23-8-3-4-13-29-23/h3-10,13,16,18H,11-12,14-15,17H2,1-2H3,(H,29,31,35)/t18-/m1/s1. The van der Waals surface area contributed by atoms with E-state index in [1.54, 1.807) is 28.1 Å². The molecule has 1 atom stereocenters. The lowest BCUT2D eigenvalue weighted by Crippen LogP contribution is -2.42. The number of alkyl halides is 2. The Labute approximate surface area is 203 Å². The Morgan fingerprint density at radius 1 is 1.11 bits per heavy atom. The second kappa shape index (κ2) is 9.13. The zero-order chi connectivity index (χ0) is 24.6. The van der Waals surface area contributed by atoms with E-state index >= 15 is 0 Å². The molecule has 0 bridgehead atoms.